The van der Waals surface area contributed by atoms with E-state index in [9.17, 15) is 13.2 Å². The van der Waals surface area contributed by atoms with Gasteiger partial charge < -0.3 is 5.32 Å². The van der Waals surface area contributed by atoms with Crippen LogP contribution in [0.1, 0.15) is 31.4 Å². The minimum absolute atomic E-state index is 0.00326. The quantitative estimate of drug-likeness (QED) is 0.825. The normalized spacial score (nSPS) is 18.7. The highest BCUT2D eigenvalue weighted by Gasteiger charge is 2.32. The SMILES string of the molecule is CCC[C@@H](c1ccccc1SC(F)(F)F)N1CCNCC1. The maximum atomic E-state index is 12.8. The summed E-state index contributed by atoms with van der Waals surface area (Å²) in [5.74, 6) is 0. The molecule has 6 heteroatoms. The highest BCUT2D eigenvalue weighted by atomic mass is 32.2. The van der Waals surface area contributed by atoms with Crippen molar-refractivity contribution in [3.63, 3.8) is 0 Å². The summed E-state index contributed by atoms with van der Waals surface area (Å²) in [7, 11) is 0. The van der Waals surface area contributed by atoms with Gasteiger partial charge in [0.1, 0.15) is 0 Å². The zero-order chi connectivity index (χ0) is 15.3. The molecule has 0 unspecified atom stereocenters. The molecule has 1 heterocycles. The molecule has 0 aromatic heterocycles. The Labute approximate surface area is 128 Å². The van der Waals surface area contributed by atoms with E-state index in [1.807, 2.05) is 12.1 Å². The van der Waals surface area contributed by atoms with Crippen molar-refractivity contribution in [2.45, 2.75) is 36.2 Å². The largest absolute Gasteiger partial charge is 0.446 e. The van der Waals surface area contributed by atoms with Crippen molar-refractivity contribution in [2.75, 3.05) is 26.2 Å². The molecule has 0 spiro atoms. The standard InChI is InChI=1S/C15H21F3N2S/c1-2-5-13(20-10-8-19-9-11-20)12-6-3-4-7-14(12)21-15(16,17)18/h3-4,6-7,13,19H,2,5,8-11H2,1H3/t13-/m0/s1. The molecule has 0 radical (unpaired) electrons. The third-order valence-electron chi connectivity index (χ3n) is 3.66. The average Bonchev–Trinajstić information content (AvgIpc) is 2.45. The van der Waals surface area contributed by atoms with Crippen LogP contribution in [0.3, 0.4) is 0 Å². The van der Waals surface area contributed by atoms with Gasteiger partial charge in [0.05, 0.1) is 0 Å². The van der Waals surface area contributed by atoms with Crippen molar-refractivity contribution in [1.29, 1.82) is 0 Å². The summed E-state index contributed by atoms with van der Waals surface area (Å²) in [5, 5.41) is 3.29. The second-order valence-electron chi connectivity index (χ2n) is 5.18. The molecule has 0 saturated carbocycles. The van der Waals surface area contributed by atoms with Crippen LogP contribution in [0.15, 0.2) is 29.2 Å². The fraction of sp³-hybridized carbons (Fsp3) is 0.600. The van der Waals surface area contributed by atoms with Crippen molar-refractivity contribution in [3.8, 4) is 0 Å². The van der Waals surface area contributed by atoms with Gasteiger partial charge in [-0.2, -0.15) is 13.2 Å². The first kappa shape index (κ1) is 16.6. The second-order valence-corrected chi connectivity index (χ2v) is 6.28. The molecule has 1 atom stereocenters. The molecule has 1 saturated heterocycles. The lowest BCUT2D eigenvalue weighted by molar-refractivity contribution is -0.0328. The number of piperazine rings is 1. The monoisotopic (exact) mass is 318 g/mol. The summed E-state index contributed by atoms with van der Waals surface area (Å²) < 4.78 is 38.3. The van der Waals surface area contributed by atoms with Gasteiger partial charge in [-0.05, 0) is 29.8 Å². The van der Waals surface area contributed by atoms with Crippen LogP contribution in [0, 0.1) is 0 Å². The van der Waals surface area contributed by atoms with Crippen LogP contribution in [-0.2, 0) is 0 Å². The van der Waals surface area contributed by atoms with E-state index in [4.69, 9.17) is 0 Å². The molecule has 118 valence electrons. The van der Waals surface area contributed by atoms with Gasteiger partial charge in [0.25, 0.3) is 0 Å². The molecule has 1 N–H and O–H groups in total. The van der Waals surface area contributed by atoms with E-state index in [0.29, 0.717) is 4.90 Å². The van der Waals surface area contributed by atoms with Crippen LogP contribution in [0.5, 0.6) is 0 Å². The second kappa shape index (κ2) is 7.51. The molecule has 2 nitrogen and oxygen atoms in total. The number of benzene rings is 1. The lowest BCUT2D eigenvalue weighted by atomic mass is 10.00. The number of halogens is 3. The fourth-order valence-corrected chi connectivity index (χ4v) is 3.49. The van der Waals surface area contributed by atoms with Crippen LogP contribution in [0.2, 0.25) is 0 Å². The minimum Gasteiger partial charge on any atom is -0.314 e. The maximum absolute atomic E-state index is 12.8. The van der Waals surface area contributed by atoms with Crippen LogP contribution in [-0.4, -0.2) is 36.6 Å². The Kier molecular flexibility index (Phi) is 5.96. The van der Waals surface area contributed by atoms with E-state index in [2.05, 4.69) is 17.1 Å². The number of alkyl halides is 3. The zero-order valence-corrected chi connectivity index (χ0v) is 12.9. The average molecular weight is 318 g/mol. The minimum atomic E-state index is -4.24. The first-order chi connectivity index (χ1) is 10.0. The highest BCUT2D eigenvalue weighted by Crippen LogP contribution is 2.42. The Morgan fingerprint density at radius 1 is 1.24 bits per heavy atom. The lowest BCUT2D eigenvalue weighted by Gasteiger charge is -2.36. The van der Waals surface area contributed by atoms with E-state index in [1.54, 1.807) is 12.1 Å². The van der Waals surface area contributed by atoms with Crippen molar-refractivity contribution < 1.29 is 13.2 Å². The highest BCUT2D eigenvalue weighted by molar-refractivity contribution is 8.00. The predicted molar refractivity (Wildman–Crippen MR) is 80.4 cm³/mol. The molecule has 1 aliphatic heterocycles. The molecule has 1 aromatic carbocycles. The molecular weight excluding hydrogens is 297 g/mol. The van der Waals surface area contributed by atoms with Gasteiger partial charge in [-0.3, -0.25) is 4.90 Å². The summed E-state index contributed by atoms with van der Waals surface area (Å²) in [5.41, 5.74) is -3.43. The van der Waals surface area contributed by atoms with Gasteiger partial charge in [0, 0.05) is 37.1 Å². The number of nitrogens with one attached hydrogen (secondary N) is 1. The van der Waals surface area contributed by atoms with Gasteiger partial charge in [-0.25, -0.2) is 0 Å². The Bertz CT molecular complexity index is 445. The van der Waals surface area contributed by atoms with Gasteiger partial charge in [0.15, 0.2) is 0 Å². The van der Waals surface area contributed by atoms with Gasteiger partial charge >= 0.3 is 5.51 Å². The Hall–Kier alpha value is -0.720. The molecule has 21 heavy (non-hydrogen) atoms. The molecular formula is C15H21F3N2S. The fourth-order valence-electron chi connectivity index (χ4n) is 2.78. The maximum Gasteiger partial charge on any atom is 0.446 e. The van der Waals surface area contributed by atoms with E-state index < -0.39 is 5.51 Å². The molecule has 1 aliphatic rings. The summed E-state index contributed by atoms with van der Waals surface area (Å²) in [6, 6.07) is 7.01. The lowest BCUT2D eigenvalue weighted by Crippen LogP contribution is -2.45. The van der Waals surface area contributed by atoms with E-state index in [1.165, 1.54) is 0 Å². The van der Waals surface area contributed by atoms with Crippen molar-refractivity contribution in [1.82, 2.24) is 10.2 Å². The van der Waals surface area contributed by atoms with Gasteiger partial charge in [-0.15, -0.1) is 0 Å². The van der Waals surface area contributed by atoms with Crippen LogP contribution < -0.4 is 5.32 Å². The summed E-state index contributed by atoms with van der Waals surface area (Å²) >= 11 is 0.00326. The summed E-state index contributed by atoms with van der Waals surface area (Å²) in [4.78, 5) is 2.64. The Morgan fingerprint density at radius 3 is 2.52 bits per heavy atom. The number of thioether (sulfide) groups is 1. The van der Waals surface area contributed by atoms with Crippen LogP contribution >= 0.6 is 11.8 Å². The molecule has 1 aromatic rings. The Morgan fingerprint density at radius 2 is 1.90 bits per heavy atom. The van der Waals surface area contributed by atoms with Crippen LogP contribution in [0.4, 0.5) is 13.2 Å². The van der Waals surface area contributed by atoms with Crippen molar-refractivity contribution >= 4 is 11.8 Å². The first-order valence-electron chi connectivity index (χ1n) is 7.30. The molecule has 2 rings (SSSR count). The summed E-state index contributed by atoms with van der Waals surface area (Å²) in [6.45, 7) is 5.64. The predicted octanol–water partition coefficient (Wildman–Crippen LogP) is 4.04. The number of hydrogen-bond acceptors (Lipinski definition) is 3. The Balaban J connectivity index is 2.26. The molecule has 0 amide bonds. The van der Waals surface area contributed by atoms with E-state index >= 15 is 0 Å². The third kappa shape index (κ3) is 4.90. The topological polar surface area (TPSA) is 15.3 Å². The molecule has 1 fully saturated rings. The van der Waals surface area contributed by atoms with Gasteiger partial charge in [-0.1, -0.05) is 31.5 Å². The third-order valence-corrected chi connectivity index (χ3v) is 4.48. The summed E-state index contributed by atoms with van der Waals surface area (Å²) in [6.07, 6.45) is 1.84. The smallest absolute Gasteiger partial charge is 0.314 e. The van der Waals surface area contributed by atoms with Gasteiger partial charge in [0.2, 0.25) is 0 Å². The number of hydrogen-bond donors (Lipinski definition) is 1. The van der Waals surface area contributed by atoms with E-state index in [0.717, 1.165) is 44.6 Å². The number of nitrogens with zero attached hydrogens (tertiary/aromatic N) is 1. The van der Waals surface area contributed by atoms with Crippen LogP contribution in [0.25, 0.3) is 0 Å². The number of rotatable bonds is 5. The van der Waals surface area contributed by atoms with Crippen molar-refractivity contribution in [3.05, 3.63) is 29.8 Å². The molecule has 0 aliphatic carbocycles. The van der Waals surface area contributed by atoms with E-state index in [-0.39, 0.29) is 17.8 Å². The van der Waals surface area contributed by atoms with Crippen molar-refractivity contribution in [2.24, 2.45) is 0 Å². The first-order valence-corrected chi connectivity index (χ1v) is 8.12. The zero-order valence-electron chi connectivity index (χ0n) is 12.1. The molecule has 0 bridgehead atoms.